The van der Waals surface area contributed by atoms with E-state index in [1.165, 1.54) is 0 Å². The van der Waals surface area contributed by atoms with Crippen molar-refractivity contribution in [2.45, 2.75) is 18.6 Å². The third-order valence-corrected chi connectivity index (χ3v) is 5.64. The number of hydrogen-bond acceptors (Lipinski definition) is 6. The van der Waals surface area contributed by atoms with Crippen LogP contribution < -0.4 is 10.1 Å². The number of methoxy groups -OCH3 is 1. The number of esters is 1. The summed E-state index contributed by atoms with van der Waals surface area (Å²) in [5.41, 5.74) is 2.46. The monoisotopic (exact) mass is 410 g/mol. The third-order valence-electron chi connectivity index (χ3n) is 5.64. The lowest BCUT2D eigenvalue weighted by molar-refractivity contribution is -0.130. The minimum atomic E-state index is -0.811. The summed E-state index contributed by atoms with van der Waals surface area (Å²) in [4.78, 5) is 27.4. The second kappa shape index (κ2) is 9.28. The fraction of sp³-hybridized carbons (Fsp3) is 0.391. The number of nitrogens with zero attached hydrogens (tertiary/aromatic N) is 1. The SMILES string of the molecule is COc1ccc([C@@H](CNC(=O)[C@H]2Cc3ccccc3C(=O)O2)N2CCOCC2)cc1. The molecule has 2 aliphatic rings. The maximum absolute atomic E-state index is 12.8. The summed E-state index contributed by atoms with van der Waals surface area (Å²) < 4.78 is 16.1. The Hall–Kier alpha value is -2.90. The van der Waals surface area contributed by atoms with Gasteiger partial charge in [-0.3, -0.25) is 9.69 Å². The lowest BCUT2D eigenvalue weighted by Crippen LogP contribution is -2.47. The second-order valence-electron chi connectivity index (χ2n) is 7.44. The fourth-order valence-corrected chi connectivity index (χ4v) is 3.96. The second-order valence-corrected chi connectivity index (χ2v) is 7.44. The van der Waals surface area contributed by atoms with Crippen LogP contribution in [0.5, 0.6) is 5.75 Å². The summed E-state index contributed by atoms with van der Waals surface area (Å²) in [7, 11) is 1.64. The molecule has 1 amide bonds. The number of amides is 1. The molecule has 2 aliphatic heterocycles. The van der Waals surface area contributed by atoms with Gasteiger partial charge < -0.3 is 19.5 Å². The molecule has 0 spiro atoms. The lowest BCUT2D eigenvalue weighted by atomic mass is 9.98. The molecule has 4 rings (SSSR count). The van der Waals surface area contributed by atoms with Gasteiger partial charge in [-0.15, -0.1) is 0 Å². The molecule has 2 atom stereocenters. The number of fused-ring (bicyclic) bond motifs is 1. The zero-order chi connectivity index (χ0) is 20.9. The lowest BCUT2D eigenvalue weighted by Gasteiger charge is -2.35. The minimum absolute atomic E-state index is 0.00432. The van der Waals surface area contributed by atoms with E-state index < -0.39 is 12.1 Å². The van der Waals surface area contributed by atoms with Gasteiger partial charge >= 0.3 is 5.97 Å². The number of hydrogen-bond donors (Lipinski definition) is 1. The Bertz CT molecular complexity index is 893. The molecule has 1 N–H and O–H groups in total. The third kappa shape index (κ3) is 4.47. The number of carbonyl (C=O) groups is 2. The Labute approximate surface area is 175 Å². The minimum Gasteiger partial charge on any atom is -0.497 e. The van der Waals surface area contributed by atoms with E-state index >= 15 is 0 Å². The molecule has 7 heteroatoms. The van der Waals surface area contributed by atoms with E-state index in [0.717, 1.165) is 30.0 Å². The zero-order valence-corrected chi connectivity index (χ0v) is 17.0. The number of ether oxygens (including phenoxy) is 3. The summed E-state index contributed by atoms with van der Waals surface area (Å²) >= 11 is 0. The van der Waals surface area contributed by atoms with Crippen molar-refractivity contribution < 1.29 is 23.8 Å². The van der Waals surface area contributed by atoms with Gasteiger partial charge in [-0.1, -0.05) is 30.3 Å². The van der Waals surface area contributed by atoms with Gasteiger partial charge in [-0.2, -0.15) is 0 Å². The highest BCUT2D eigenvalue weighted by molar-refractivity contribution is 5.95. The fourth-order valence-electron chi connectivity index (χ4n) is 3.96. The molecule has 2 aromatic rings. The van der Waals surface area contributed by atoms with Crippen LogP contribution in [0.25, 0.3) is 0 Å². The highest BCUT2D eigenvalue weighted by Crippen LogP contribution is 2.24. The largest absolute Gasteiger partial charge is 0.497 e. The molecule has 0 aliphatic carbocycles. The first kappa shape index (κ1) is 20.4. The molecular weight excluding hydrogens is 384 g/mol. The average molecular weight is 410 g/mol. The summed E-state index contributed by atoms with van der Waals surface area (Å²) in [6.07, 6.45) is -0.424. The van der Waals surface area contributed by atoms with E-state index in [1.54, 1.807) is 19.2 Å². The summed E-state index contributed by atoms with van der Waals surface area (Å²) in [6.45, 7) is 3.33. The van der Waals surface area contributed by atoms with E-state index in [-0.39, 0.29) is 11.9 Å². The number of cyclic esters (lactones) is 1. The van der Waals surface area contributed by atoms with Crippen molar-refractivity contribution in [2.24, 2.45) is 0 Å². The van der Waals surface area contributed by atoms with E-state index in [1.807, 2.05) is 36.4 Å². The molecule has 0 bridgehead atoms. The molecule has 0 radical (unpaired) electrons. The molecule has 158 valence electrons. The van der Waals surface area contributed by atoms with Crippen LogP contribution in [0.3, 0.4) is 0 Å². The maximum atomic E-state index is 12.8. The van der Waals surface area contributed by atoms with Crippen LogP contribution in [0.4, 0.5) is 0 Å². The molecule has 0 saturated carbocycles. The Kier molecular flexibility index (Phi) is 6.30. The van der Waals surface area contributed by atoms with Gasteiger partial charge in [0.05, 0.1) is 31.9 Å². The van der Waals surface area contributed by atoms with Gasteiger partial charge in [0.25, 0.3) is 5.91 Å². The standard InChI is InChI=1S/C23H26N2O5/c1-28-18-8-6-16(7-9-18)20(25-10-12-29-13-11-25)15-24-22(26)21-14-17-4-2-3-5-19(17)23(27)30-21/h2-9,20-21H,10-15H2,1H3,(H,24,26)/t20-,21-/m1/s1. The van der Waals surface area contributed by atoms with Gasteiger partial charge in [0.15, 0.2) is 6.10 Å². The topological polar surface area (TPSA) is 77.1 Å². The van der Waals surface area contributed by atoms with Crippen molar-refractivity contribution in [1.82, 2.24) is 10.2 Å². The van der Waals surface area contributed by atoms with Crippen molar-refractivity contribution in [3.8, 4) is 5.75 Å². The number of morpholine rings is 1. The number of benzene rings is 2. The van der Waals surface area contributed by atoms with Gasteiger partial charge in [-0.05, 0) is 29.3 Å². The Morgan fingerprint density at radius 2 is 1.90 bits per heavy atom. The Morgan fingerprint density at radius 3 is 2.63 bits per heavy atom. The van der Waals surface area contributed by atoms with Gasteiger partial charge in [0, 0.05) is 26.1 Å². The van der Waals surface area contributed by atoms with Crippen molar-refractivity contribution >= 4 is 11.9 Å². The highest BCUT2D eigenvalue weighted by Gasteiger charge is 2.32. The molecule has 0 aromatic heterocycles. The van der Waals surface area contributed by atoms with Crippen molar-refractivity contribution in [1.29, 1.82) is 0 Å². The maximum Gasteiger partial charge on any atom is 0.339 e. The predicted molar refractivity (Wildman–Crippen MR) is 110 cm³/mol. The number of nitrogens with one attached hydrogen (secondary N) is 1. The number of rotatable bonds is 6. The first-order valence-corrected chi connectivity index (χ1v) is 10.2. The van der Waals surface area contributed by atoms with Crippen LogP contribution in [0.15, 0.2) is 48.5 Å². The van der Waals surface area contributed by atoms with Gasteiger partial charge in [0.2, 0.25) is 0 Å². The summed E-state index contributed by atoms with van der Waals surface area (Å²) in [5, 5.41) is 3.00. The van der Waals surface area contributed by atoms with E-state index in [4.69, 9.17) is 14.2 Å². The average Bonchev–Trinajstić information content (AvgIpc) is 2.80. The van der Waals surface area contributed by atoms with Crippen molar-refractivity contribution in [2.75, 3.05) is 40.0 Å². The normalized spacial score (nSPS) is 20.0. The molecule has 1 saturated heterocycles. The van der Waals surface area contributed by atoms with Crippen LogP contribution in [-0.2, 0) is 20.7 Å². The van der Waals surface area contributed by atoms with E-state index in [0.29, 0.717) is 31.7 Å². The first-order chi connectivity index (χ1) is 14.7. The quantitative estimate of drug-likeness (QED) is 0.734. The van der Waals surface area contributed by atoms with Gasteiger partial charge in [0.1, 0.15) is 5.75 Å². The Morgan fingerprint density at radius 1 is 1.17 bits per heavy atom. The van der Waals surface area contributed by atoms with Gasteiger partial charge in [-0.25, -0.2) is 4.79 Å². The molecule has 0 unspecified atom stereocenters. The van der Waals surface area contributed by atoms with E-state index in [9.17, 15) is 9.59 Å². The molecule has 30 heavy (non-hydrogen) atoms. The summed E-state index contributed by atoms with van der Waals surface area (Å²) in [5.74, 6) is 0.0674. The summed E-state index contributed by atoms with van der Waals surface area (Å²) in [6, 6.07) is 15.1. The van der Waals surface area contributed by atoms with E-state index in [2.05, 4.69) is 10.2 Å². The smallest absolute Gasteiger partial charge is 0.339 e. The number of carbonyl (C=O) groups excluding carboxylic acids is 2. The van der Waals surface area contributed by atoms with Crippen LogP contribution in [0.1, 0.15) is 27.5 Å². The van der Waals surface area contributed by atoms with Crippen LogP contribution in [0.2, 0.25) is 0 Å². The Balaban J connectivity index is 1.45. The van der Waals surface area contributed by atoms with Crippen LogP contribution >= 0.6 is 0 Å². The molecule has 2 heterocycles. The molecule has 2 aromatic carbocycles. The first-order valence-electron chi connectivity index (χ1n) is 10.2. The van der Waals surface area contributed by atoms with Crippen molar-refractivity contribution in [3.05, 3.63) is 65.2 Å². The zero-order valence-electron chi connectivity index (χ0n) is 17.0. The van der Waals surface area contributed by atoms with Crippen LogP contribution in [0, 0.1) is 0 Å². The molecule has 1 fully saturated rings. The highest BCUT2D eigenvalue weighted by atomic mass is 16.5. The predicted octanol–water partition coefficient (Wildman–Crippen LogP) is 1.97. The van der Waals surface area contributed by atoms with Crippen LogP contribution in [-0.4, -0.2) is 62.8 Å². The molecular formula is C23H26N2O5. The van der Waals surface area contributed by atoms with Crippen molar-refractivity contribution in [3.63, 3.8) is 0 Å². The molecule has 7 nitrogen and oxygen atoms in total.